The molecule has 37 heavy (non-hydrogen) atoms. The third-order valence-electron chi connectivity index (χ3n) is 5.57. The largest absolute Gasteiger partial charge is 0.493 e. The SMILES string of the molecule is CN(C(=O)C(C#N)=Cc1cccc(OCCC(=O)N[C@@H](Cc2ccccc2)B(O)O)c1)c1ccccc1. The molecule has 0 fully saturated rings. The topological polar surface area (TPSA) is 123 Å². The van der Waals surface area contributed by atoms with Gasteiger partial charge in [-0.05, 0) is 47.9 Å². The highest BCUT2D eigenvalue weighted by Gasteiger charge is 2.25. The molecule has 2 amide bonds. The third kappa shape index (κ3) is 8.35. The summed E-state index contributed by atoms with van der Waals surface area (Å²) in [5.74, 6) is -1.20. The van der Waals surface area contributed by atoms with Crippen LogP contribution >= 0.6 is 0 Å². The second kappa shape index (κ2) is 13.6. The van der Waals surface area contributed by atoms with Crippen LogP contribution in [0.3, 0.4) is 0 Å². The van der Waals surface area contributed by atoms with Crippen molar-refractivity contribution < 1.29 is 24.4 Å². The molecule has 3 aromatic carbocycles. The highest BCUT2D eigenvalue weighted by atomic mass is 16.5. The van der Waals surface area contributed by atoms with Crippen LogP contribution < -0.4 is 15.0 Å². The number of amides is 2. The number of nitriles is 1. The summed E-state index contributed by atoms with van der Waals surface area (Å²) in [5, 5.41) is 31.5. The van der Waals surface area contributed by atoms with Crippen LogP contribution in [0.4, 0.5) is 5.69 Å². The molecule has 1 atom stereocenters. The van der Waals surface area contributed by atoms with Crippen LogP contribution in [-0.2, 0) is 16.0 Å². The Morgan fingerprint density at radius 2 is 1.73 bits per heavy atom. The molecule has 0 aliphatic rings. The molecular formula is C28H28BN3O5. The second-order valence-corrected chi connectivity index (χ2v) is 8.32. The molecule has 3 rings (SSSR count). The van der Waals surface area contributed by atoms with Gasteiger partial charge in [0, 0.05) is 12.7 Å². The van der Waals surface area contributed by atoms with E-state index in [0.29, 0.717) is 17.0 Å². The summed E-state index contributed by atoms with van der Waals surface area (Å²) in [6, 6.07) is 27.0. The molecule has 0 aliphatic carbocycles. The van der Waals surface area contributed by atoms with E-state index in [2.05, 4.69) is 5.32 Å². The van der Waals surface area contributed by atoms with Crippen LogP contribution in [0.1, 0.15) is 17.5 Å². The normalized spacial score (nSPS) is 11.7. The molecule has 0 radical (unpaired) electrons. The molecule has 0 aromatic heterocycles. The summed E-state index contributed by atoms with van der Waals surface area (Å²) < 4.78 is 5.68. The Bertz CT molecular complexity index is 1260. The molecule has 0 aliphatic heterocycles. The Hall–Kier alpha value is -4.39. The van der Waals surface area contributed by atoms with Gasteiger partial charge >= 0.3 is 7.12 Å². The smallest absolute Gasteiger partial charge is 0.475 e. The van der Waals surface area contributed by atoms with Crippen molar-refractivity contribution in [2.45, 2.75) is 18.8 Å². The van der Waals surface area contributed by atoms with Crippen LogP contribution in [0.5, 0.6) is 5.75 Å². The van der Waals surface area contributed by atoms with Gasteiger partial charge in [-0.1, -0.05) is 60.7 Å². The van der Waals surface area contributed by atoms with Crippen LogP contribution in [-0.4, -0.2) is 48.6 Å². The van der Waals surface area contributed by atoms with Crippen LogP contribution in [0, 0.1) is 11.3 Å². The average molecular weight is 497 g/mol. The number of likely N-dealkylation sites (N-methyl/N-ethyl adjacent to an activating group) is 1. The summed E-state index contributed by atoms with van der Waals surface area (Å²) in [5.41, 5.74) is 2.10. The first-order chi connectivity index (χ1) is 17.9. The van der Waals surface area contributed by atoms with E-state index < -0.39 is 19.0 Å². The molecule has 188 valence electrons. The lowest BCUT2D eigenvalue weighted by atomic mass is 9.76. The van der Waals surface area contributed by atoms with E-state index in [4.69, 9.17) is 4.74 Å². The maximum atomic E-state index is 12.8. The number of hydrogen-bond donors (Lipinski definition) is 3. The van der Waals surface area contributed by atoms with E-state index in [1.54, 1.807) is 43.4 Å². The number of ether oxygens (including phenoxy) is 1. The van der Waals surface area contributed by atoms with Gasteiger partial charge in [0.15, 0.2) is 0 Å². The van der Waals surface area contributed by atoms with Gasteiger partial charge < -0.3 is 25.0 Å². The molecule has 3 N–H and O–H groups in total. The van der Waals surface area contributed by atoms with Gasteiger partial charge in [-0.15, -0.1) is 0 Å². The summed E-state index contributed by atoms with van der Waals surface area (Å²) in [4.78, 5) is 26.5. The van der Waals surface area contributed by atoms with Crippen LogP contribution in [0.25, 0.3) is 6.08 Å². The lowest BCUT2D eigenvalue weighted by Gasteiger charge is -2.18. The molecule has 3 aromatic rings. The highest BCUT2D eigenvalue weighted by Crippen LogP contribution is 2.19. The zero-order valence-electron chi connectivity index (χ0n) is 20.4. The molecule has 0 heterocycles. The fourth-order valence-corrected chi connectivity index (χ4v) is 3.59. The summed E-state index contributed by atoms with van der Waals surface area (Å²) in [6.07, 6.45) is 1.76. The maximum absolute atomic E-state index is 12.8. The first-order valence-electron chi connectivity index (χ1n) is 11.7. The van der Waals surface area contributed by atoms with Gasteiger partial charge in [0.25, 0.3) is 5.91 Å². The number of anilines is 1. The number of carbonyl (C=O) groups is 2. The van der Waals surface area contributed by atoms with E-state index in [1.165, 1.54) is 11.0 Å². The molecular weight excluding hydrogens is 469 g/mol. The van der Waals surface area contributed by atoms with Crippen molar-refractivity contribution in [1.82, 2.24) is 5.32 Å². The lowest BCUT2D eigenvalue weighted by molar-refractivity contribution is -0.122. The van der Waals surface area contributed by atoms with Crippen molar-refractivity contribution in [3.05, 3.63) is 102 Å². The predicted molar refractivity (Wildman–Crippen MR) is 142 cm³/mol. The van der Waals surface area contributed by atoms with Gasteiger partial charge in [0.1, 0.15) is 17.4 Å². The lowest BCUT2D eigenvalue weighted by Crippen LogP contribution is -2.48. The van der Waals surface area contributed by atoms with E-state index in [9.17, 15) is 24.9 Å². The quantitative estimate of drug-likeness (QED) is 0.213. The van der Waals surface area contributed by atoms with Crippen molar-refractivity contribution in [2.75, 3.05) is 18.6 Å². The zero-order valence-corrected chi connectivity index (χ0v) is 20.4. The number of nitrogens with zero attached hydrogens (tertiary/aromatic N) is 2. The molecule has 0 unspecified atom stereocenters. The molecule has 0 bridgehead atoms. The van der Waals surface area contributed by atoms with Crippen molar-refractivity contribution >= 4 is 30.7 Å². The monoisotopic (exact) mass is 497 g/mol. The van der Waals surface area contributed by atoms with Gasteiger partial charge in [0.2, 0.25) is 5.91 Å². The van der Waals surface area contributed by atoms with Crippen molar-refractivity contribution in [3.63, 3.8) is 0 Å². The van der Waals surface area contributed by atoms with Gasteiger partial charge in [0.05, 0.1) is 19.0 Å². The molecule has 0 saturated carbocycles. The predicted octanol–water partition coefficient (Wildman–Crippen LogP) is 2.76. The summed E-state index contributed by atoms with van der Waals surface area (Å²) in [7, 11) is -0.0975. The first kappa shape index (κ1) is 27.2. The fraction of sp³-hybridized carbons (Fsp3) is 0.179. The van der Waals surface area contributed by atoms with Crippen molar-refractivity contribution in [3.8, 4) is 11.8 Å². The Balaban J connectivity index is 1.56. The summed E-state index contributed by atoms with van der Waals surface area (Å²) in [6.45, 7) is 0.0549. The van der Waals surface area contributed by atoms with Gasteiger partial charge in [-0.3, -0.25) is 9.59 Å². The van der Waals surface area contributed by atoms with Crippen molar-refractivity contribution in [2.24, 2.45) is 0 Å². The molecule has 8 nitrogen and oxygen atoms in total. The van der Waals surface area contributed by atoms with Gasteiger partial charge in [-0.25, -0.2) is 0 Å². The van der Waals surface area contributed by atoms with E-state index >= 15 is 0 Å². The number of hydrogen-bond acceptors (Lipinski definition) is 6. The number of carbonyl (C=O) groups excluding carboxylic acids is 2. The van der Waals surface area contributed by atoms with E-state index in [-0.39, 0.29) is 30.9 Å². The Labute approximate surface area is 216 Å². The maximum Gasteiger partial charge on any atom is 0.475 e. The minimum absolute atomic E-state index is 0.00186. The summed E-state index contributed by atoms with van der Waals surface area (Å²) >= 11 is 0. The Morgan fingerprint density at radius 1 is 1.05 bits per heavy atom. The minimum Gasteiger partial charge on any atom is -0.493 e. The van der Waals surface area contributed by atoms with E-state index in [0.717, 1.165) is 5.56 Å². The Kier molecular flexibility index (Phi) is 10.0. The number of nitrogens with one attached hydrogen (secondary N) is 1. The van der Waals surface area contributed by atoms with Crippen LogP contribution in [0.2, 0.25) is 0 Å². The number of para-hydroxylation sites is 1. The Morgan fingerprint density at radius 3 is 2.38 bits per heavy atom. The number of benzene rings is 3. The molecule has 0 saturated heterocycles. The average Bonchev–Trinajstić information content (AvgIpc) is 2.92. The van der Waals surface area contributed by atoms with E-state index in [1.807, 2.05) is 54.6 Å². The van der Waals surface area contributed by atoms with Crippen LogP contribution in [0.15, 0.2) is 90.5 Å². The second-order valence-electron chi connectivity index (χ2n) is 8.32. The standard InChI is InChI=1S/C28H28BN3O5/c1-32(24-12-6-3-7-13-24)28(34)23(20-30)17-22-11-8-14-25(18-22)37-16-15-27(33)31-26(29(35)36)19-21-9-4-2-5-10-21/h2-14,17-18,26,35-36H,15-16,19H2,1H3,(H,31,33)/t26-/m0/s1. The van der Waals surface area contributed by atoms with Gasteiger partial charge in [-0.2, -0.15) is 5.26 Å². The number of rotatable bonds is 11. The zero-order chi connectivity index (χ0) is 26.6. The minimum atomic E-state index is -1.70. The third-order valence-corrected chi connectivity index (χ3v) is 5.57. The van der Waals surface area contributed by atoms with Crippen molar-refractivity contribution in [1.29, 1.82) is 5.26 Å². The highest BCUT2D eigenvalue weighted by molar-refractivity contribution is 6.43. The fourth-order valence-electron chi connectivity index (χ4n) is 3.59. The molecule has 0 spiro atoms. The molecule has 9 heteroatoms. The first-order valence-corrected chi connectivity index (χ1v) is 11.7.